The number of hydrogen-bond acceptors (Lipinski definition) is 4. The number of nitrogens with zero attached hydrogens (tertiary/aromatic N) is 2. The predicted octanol–water partition coefficient (Wildman–Crippen LogP) is 0.0643. The summed E-state index contributed by atoms with van der Waals surface area (Å²) < 4.78 is 38.1. The molecule has 2 rings (SSSR count). The first kappa shape index (κ1) is 14.2. The number of rotatable bonds is 7. The summed E-state index contributed by atoms with van der Waals surface area (Å²) in [7, 11) is -3.21. The fourth-order valence-electron chi connectivity index (χ4n) is 2.14. The Morgan fingerprint density at radius 3 is 2.56 bits per heavy atom. The molecule has 0 N–H and O–H groups in total. The summed E-state index contributed by atoms with van der Waals surface area (Å²) >= 11 is 0. The Labute approximate surface area is 109 Å². The molecule has 1 atom stereocenters. The van der Waals surface area contributed by atoms with Crippen LogP contribution in [0.25, 0.3) is 0 Å². The third-order valence-corrected chi connectivity index (χ3v) is 5.36. The van der Waals surface area contributed by atoms with Gasteiger partial charge in [0.05, 0.1) is 19.3 Å². The van der Waals surface area contributed by atoms with Crippen LogP contribution in [0.5, 0.6) is 0 Å². The van der Waals surface area contributed by atoms with Crippen molar-refractivity contribution in [2.45, 2.75) is 25.9 Å². The summed E-state index contributed by atoms with van der Waals surface area (Å²) in [6.07, 6.45) is 1.77. The van der Waals surface area contributed by atoms with Crippen LogP contribution in [0, 0.1) is 0 Å². The average molecular weight is 278 g/mol. The van der Waals surface area contributed by atoms with E-state index in [2.05, 4.69) is 0 Å². The van der Waals surface area contributed by atoms with E-state index in [1.807, 2.05) is 6.92 Å². The summed E-state index contributed by atoms with van der Waals surface area (Å²) in [5, 5.41) is 0. The third-order valence-electron chi connectivity index (χ3n) is 3.36. The predicted molar refractivity (Wildman–Crippen MR) is 67.5 cm³/mol. The lowest BCUT2D eigenvalue weighted by Gasteiger charge is -2.33. The molecule has 0 bridgehead atoms. The average Bonchev–Trinajstić information content (AvgIpc) is 2.70. The minimum atomic E-state index is -3.21. The van der Waals surface area contributed by atoms with Crippen LogP contribution in [0.4, 0.5) is 0 Å². The van der Waals surface area contributed by atoms with Crippen molar-refractivity contribution in [3.05, 3.63) is 0 Å². The quantitative estimate of drug-likeness (QED) is 0.618. The second-order valence-electron chi connectivity index (χ2n) is 4.60. The van der Waals surface area contributed by atoms with Crippen molar-refractivity contribution < 1.29 is 17.9 Å². The van der Waals surface area contributed by atoms with Crippen molar-refractivity contribution in [2.24, 2.45) is 0 Å². The van der Waals surface area contributed by atoms with Gasteiger partial charge in [0.25, 0.3) is 10.2 Å². The highest BCUT2D eigenvalue weighted by molar-refractivity contribution is 7.86. The summed E-state index contributed by atoms with van der Waals surface area (Å²) in [4.78, 5) is 0. The van der Waals surface area contributed by atoms with Gasteiger partial charge < -0.3 is 9.47 Å². The number of hydrogen-bond donors (Lipinski definition) is 0. The largest absolute Gasteiger partial charge is 0.379 e. The van der Waals surface area contributed by atoms with Crippen LogP contribution in [0.15, 0.2) is 0 Å². The van der Waals surface area contributed by atoms with Gasteiger partial charge in [-0.1, -0.05) is 0 Å². The van der Waals surface area contributed by atoms with Gasteiger partial charge in [-0.2, -0.15) is 17.0 Å². The molecule has 0 aromatic rings. The van der Waals surface area contributed by atoms with Gasteiger partial charge in [-0.05, 0) is 19.8 Å². The number of ether oxygens (including phenoxy) is 2. The van der Waals surface area contributed by atoms with Crippen molar-refractivity contribution in [1.29, 1.82) is 0 Å². The highest BCUT2D eigenvalue weighted by Gasteiger charge is 2.38. The highest BCUT2D eigenvalue weighted by Crippen LogP contribution is 2.22. The van der Waals surface area contributed by atoms with Gasteiger partial charge in [0, 0.05) is 32.8 Å². The van der Waals surface area contributed by atoms with E-state index < -0.39 is 10.2 Å². The van der Waals surface area contributed by atoms with Crippen molar-refractivity contribution >= 4 is 10.2 Å². The molecule has 0 radical (unpaired) electrons. The first-order valence-corrected chi connectivity index (χ1v) is 7.99. The Hall–Kier alpha value is -0.210. The summed E-state index contributed by atoms with van der Waals surface area (Å²) in [5.41, 5.74) is 0. The Kier molecular flexibility index (Phi) is 4.97. The molecule has 18 heavy (non-hydrogen) atoms. The maximum Gasteiger partial charge on any atom is 0.282 e. The van der Waals surface area contributed by atoms with E-state index in [1.54, 1.807) is 0 Å². The van der Waals surface area contributed by atoms with Gasteiger partial charge in [-0.25, -0.2) is 0 Å². The molecule has 0 spiro atoms. The minimum Gasteiger partial charge on any atom is -0.379 e. The fraction of sp³-hybridized carbons (Fsp3) is 1.00. The monoisotopic (exact) mass is 278 g/mol. The maximum absolute atomic E-state index is 12.1. The smallest absolute Gasteiger partial charge is 0.282 e. The van der Waals surface area contributed by atoms with Gasteiger partial charge in [0.1, 0.15) is 0 Å². The van der Waals surface area contributed by atoms with Gasteiger partial charge in [0.15, 0.2) is 0 Å². The zero-order valence-corrected chi connectivity index (χ0v) is 11.7. The van der Waals surface area contributed by atoms with E-state index in [4.69, 9.17) is 9.47 Å². The molecule has 2 aliphatic rings. The first-order chi connectivity index (χ1) is 8.64. The SMILES string of the molecule is CCOCCO[C@H]1CCN(S(=O)(=O)N2CCC2)C1. The molecule has 2 saturated heterocycles. The summed E-state index contributed by atoms with van der Waals surface area (Å²) in [6.45, 7) is 6.11. The molecular weight excluding hydrogens is 256 g/mol. The third kappa shape index (κ3) is 3.21. The van der Waals surface area contributed by atoms with E-state index in [0.717, 1.165) is 12.8 Å². The van der Waals surface area contributed by atoms with Crippen molar-refractivity contribution in [3.8, 4) is 0 Å². The van der Waals surface area contributed by atoms with Crippen LogP contribution in [0.1, 0.15) is 19.8 Å². The first-order valence-electron chi connectivity index (χ1n) is 6.59. The van der Waals surface area contributed by atoms with E-state index in [1.165, 1.54) is 8.61 Å². The lowest BCUT2D eigenvalue weighted by molar-refractivity contribution is 0.0141. The second-order valence-corrected chi connectivity index (χ2v) is 6.53. The zero-order valence-electron chi connectivity index (χ0n) is 10.9. The Bertz CT molecular complexity index is 356. The van der Waals surface area contributed by atoms with Crippen LogP contribution in [-0.2, 0) is 19.7 Å². The van der Waals surface area contributed by atoms with E-state index in [0.29, 0.717) is 46.0 Å². The van der Waals surface area contributed by atoms with Crippen LogP contribution in [0.3, 0.4) is 0 Å². The molecule has 0 amide bonds. The fourth-order valence-corrected chi connectivity index (χ4v) is 3.88. The lowest BCUT2D eigenvalue weighted by Crippen LogP contribution is -2.49. The van der Waals surface area contributed by atoms with Crippen LogP contribution in [-0.4, -0.2) is 69.1 Å². The zero-order chi connectivity index (χ0) is 13.0. The highest BCUT2D eigenvalue weighted by atomic mass is 32.2. The normalized spacial score (nSPS) is 26.4. The van der Waals surface area contributed by atoms with Crippen molar-refractivity contribution in [3.63, 3.8) is 0 Å². The molecule has 7 heteroatoms. The Morgan fingerprint density at radius 1 is 1.17 bits per heavy atom. The van der Waals surface area contributed by atoms with Crippen LogP contribution >= 0.6 is 0 Å². The van der Waals surface area contributed by atoms with Gasteiger partial charge in [-0.3, -0.25) is 0 Å². The molecule has 2 heterocycles. The van der Waals surface area contributed by atoms with E-state index in [9.17, 15) is 8.42 Å². The molecule has 6 nitrogen and oxygen atoms in total. The van der Waals surface area contributed by atoms with Gasteiger partial charge >= 0.3 is 0 Å². The maximum atomic E-state index is 12.1. The van der Waals surface area contributed by atoms with Crippen LogP contribution in [0.2, 0.25) is 0 Å². The van der Waals surface area contributed by atoms with Gasteiger partial charge in [-0.15, -0.1) is 0 Å². The standard InChI is InChI=1S/C11H22N2O4S/c1-2-16-8-9-17-11-4-7-13(10-11)18(14,15)12-5-3-6-12/h11H,2-10H2,1H3/t11-/m0/s1. The minimum absolute atomic E-state index is 0.0153. The Morgan fingerprint density at radius 2 is 1.94 bits per heavy atom. The van der Waals surface area contributed by atoms with Crippen molar-refractivity contribution in [2.75, 3.05) is 46.0 Å². The van der Waals surface area contributed by atoms with Gasteiger partial charge in [0.2, 0.25) is 0 Å². The molecule has 106 valence electrons. The molecule has 2 aliphatic heterocycles. The van der Waals surface area contributed by atoms with Crippen LogP contribution < -0.4 is 0 Å². The summed E-state index contributed by atoms with van der Waals surface area (Å²) in [6, 6.07) is 0. The van der Waals surface area contributed by atoms with E-state index >= 15 is 0 Å². The molecule has 0 aromatic carbocycles. The molecule has 0 unspecified atom stereocenters. The Balaban J connectivity index is 1.74. The van der Waals surface area contributed by atoms with E-state index in [-0.39, 0.29) is 6.10 Å². The molecule has 2 fully saturated rings. The molecule has 0 saturated carbocycles. The second kappa shape index (κ2) is 6.29. The lowest BCUT2D eigenvalue weighted by atomic mass is 10.3. The summed E-state index contributed by atoms with van der Waals surface area (Å²) in [5.74, 6) is 0. The molecule has 0 aliphatic carbocycles. The molecule has 0 aromatic heterocycles. The molecular formula is C11H22N2O4S. The van der Waals surface area contributed by atoms with Crippen molar-refractivity contribution in [1.82, 2.24) is 8.61 Å². The topological polar surface area (TPSA) is 59.1 Å².